The highest BCUT2D eigenvalue weighted by Gasteiger charge is 2.28. The molecule has 9 heteroatoms. The second kappa shape index (κ2) is 8.57. The Balaban J connectivity index is 1.63. The van der Waals surface area contributed by atoms with Crippen molar-refractivity contribution < 1.29 is 18.0 Å². The Labute approximate surface area is 164 Å². The molecule has 1 aliphatic rings. The molecule has 1 saturated heterocycles. The third-order valence-corrected chi connectivity index (χ3v) is 6.55. The number of rotatable bonds is 5. The van der Waals surface area contributed by atoms with E-state index in [9.17, 15) is 18.0 Å². The Kier molecular flexibility index (Phi) is 6.15. The van der Waals surface area contributed by atoms with Crippen LogP contribution in [0, 0.1) is 0 Å². The second-order valence-electron chi connectivity index (χ2n) is 6.80. The van der Waals surface area contributed by atoms with Gasteiger partial charge < -0.3 is 4.57 Å². The van der Waals surface area contributed by atoms with Crippen LogP contribution in [0.3, 0.4) is 0 Å². The number of nitrogens with zero attached hydrogens (tertiary/aromatic N) is 2. The molecular weight excluding hydrogens is 380 g/mol. The van der Waals surface area contributed by atoms with E-state index in [2.05, 4.69) is 10.9 Å². The Morgan fingerprint density at radius 3 is 2.39 bits per heavy atom. The van der Waals surface area contributed by atoms with E-state index in [1.807, 2.05) is 30.3 Å². The monoisotopic (exact) mass is 404 g/mol. The first kappa shape index (κ1) is 20.1. The lowest BCUT2D eigenvalue weighted by Gasteiger charge is -2.25. The number of carbonyl (C=O) groups is 2. The Hall–Kier alpha value is -2.65. The highest BCUT2D eigenvalue weighted by Crippen LogP contribution is 2.22. The number of carbonyl (C=O) groups excluding carboxylic acids is 2. The molecule has 3 rings (SSSR count). The quantitative estimate of drug-likeness (QED) is 0.732. The van der Waals surface area contributed by atoms with Gasteiger partial charge in [0.25, 0.3) is 5.91 Å². The molecule has 0 atom stereocenters. The third-order valence-electron chi connectivity index (χ3n) is 4.69. The molecule has 1 aromatic carbocycles. The van der Waals surface area contributed by atoms with E-state index < -0.39 is 15.9 Å². The van der Waals surface area contributed by atoms with Crippen molar-refractivity contribution in [3.05, 3.63) is 53.9 Å². The van der Waals surface area contributed by atoms with Gasteiger partial charge in [-0.25, -0.2) is 8.42 Å². The van der Waals surface area contributed by atoms with Gasteiger partial charge >= 0.3 is 0 Å². The fraction of sp³-hybridized carbons (Fsp3) is 0.368. The number of sulfonamides is 1. The van der Waals surface area contributed by atoms with Gasteiger partial charge in [0.2, 0.25) is 15.9 Å². The molecule has 0 radical (unpaired) electrons. The molecule has 150 valence electrons. The van der Waals surface area contributed by atoms with E-state index in [0.717, 1.165) is 24.8 Å². The smallest absolute Gasteiger partial charge is 0.286 e. The molecule has 0 saturated carbocycles. The van der Waals surface area contributed by atoms with Crippen molar-refractivity contribution in [3.8, 4) is 0 Å². The van der Waals surface area contributed by atoms with E-state index in [4.69, 9.17) is 0 Å². The number of hydrazine groups is 1. The average Bonchev–Trinajstić information content (AvgIpc) is 3.10. The topological polar surface area (TPSA) is 101 Å². The highest BCUT2D eigenvalue weighted by molar-refractivity contribution is 7.89. The minimum atomic E-state index is -3.62. The fourth-order valence-electron chi connectivity index (χ4n) is 3.17. The molecule has 1 fully saturated rings. The van der Waals surface area contributed by atoms with E-state index >= 15 is 0 Å². The zero-order valence-electron chi connectivity index (χ0n) is 15.7. The van der Waals surface area contributed by atoms with Crippen LogP contribution in [0.5, 0.6) is 0 Å². The number of hydrogen-bond acceptors (Lipinski definition) is 4. The lowest BCUT2D eigenvalue weighted by atomic mass is 10.1. The molecule has 0 unspecified atom stereocenters. The van der Waals surface area contributed by atoms with E-state index in [1.54, 1.807) is 7.05 Å². The molecule has 0 bridgehead atoms. The highest BCUT2D eigenvalue weighted by atomic mass is 32.2. The van der Waals surface area contributed by atoms with Gasteiger partial charge in [-0.1, -0.05) is 36.8 Å². The summed E-state index contributed by atoms with van der Waals surface area (Å²) in [5.74, 6) is -0.945. The van der Waals surface area contributed by atoms with Crippen LogP contribution < -0.4 is 10.9 Å². The van der Waals surface area contributed by atoms with Crippen LogP contribution in [0.1, 0.15) is 35.3 Å². The molecule has 2 N–H and O–H groups in total. The maximum absolute atomic E-state index is 12.8. The van der Waals surface area contributed by atoms with Crippen molar-refractivity contribution in [1.29, 1.82) is 0 Å². The molecule has 2 heterocycles. The molecule has 2 amide bonds. The van der Waals surface area contributed by atoms with Gasteiger partial charge in [0.1, 0.15) is 10.6 Å². The third kappa shape index (κ3) is 4.60. The molecule has 1 aromatic heterocycles. The number of piperidine rings is 1. The van der Waals surface area contributed by atoms with Crippen LogP contribution in [0.15, 0.2) is 47.5 Å². The van der Waals surface area contributed by atoms with Gasteiger partial charge in [-0.3, -0.25) is 20.4 Å². The van der Waals surface area contributed by atoms with Crippen LogP contribution in [0.2, 0.25) is 0 Å². The largest absolute Gasteiger partial charge is 0.345 e. The normalized spacial score (nSPS) is 15.2. The molecular formula is C19H24N4O4S. The number of nitrogens with one attached hydrogen (secondary N) is 2. The summed E-state index contributed by atoms with van der Waals surface area (Å²) >= 11 is 0. The standard InChI is InChI=1S/C19H24N4O4S/c1-22-14-16(28(26,27)23-10-6-3-7-11-23)13-17(22)19(25)21-20-18(24)12-15-8-4-2-5-9-15/h2,4-5,8-9,13-14H,3,6-7,10-12H2,1H3,(H,20,24)(H,21,25). The zero-order valence-corrected chi connectivity index (χ0v) is 16.5. The van der Waals surface area contributed by atoms with Crippen LogP contribution in [-0.2, 0) is 28.3 Å². The average molecular weight is 404 g/mol. The van der Waals surface area contributed by atoms with Crippen molar-refractivity contribution in [2.45, 2.75) is 30.6 Å². The SMILES string of the molecule is Cn1cc(S(=O)(=O)N2CCCCC2)cc1C(=O)NNC(=O)Cc1ccccc1. The Morgan fingerprint density at radius 2 is 1.71 bits per heavy atom. The van der Waals surface area contributed by atoms with Crippen molar-refractivity contribution in [2.24, 2.45) is 7.05 Å². The number of amides is 2. The Bertz CT molecular complexity index is 948. The van der Waals surface area contributed by atoms with Crippen molar-refractivity contribution in [1.82, 2.24) is 19.7 Å². The van der Waals surface area contributed by atoms with Crippen molar-refractivity contribution >= 4 is 21.8 Å². The lowest BCUT2D eigenvalue weighted by molar-refractivity contribution is -0.121. The summed E-state index contributed by atoms with van der Waals surface area (Å²) in [4.78, 5) is 24.4. The first-order valence-corrected chi connectivity index (χ1v) is 10.6. The lowest BCUT2D eigenvalue weighted by Crippen LogP contribution is -2.42. The molecule has 28 heavy (non-hydrogen) atoms. The zero-order chi connectivity index (χ0) is 20.1. The van der Waals surface area contributed by atoms with Gasteiger partial charge in [-0.15, -0.1) is 0 Å². The van der Waals surface area contributed by atoms with E-state index in [1.165, 1.54) is 21.1 Å². The summed E-state index contributed by atoms with van der Waals surface area (Å²) in [5, 5.41) is 0. The number of aromatic nitrogens is 1. The summed E-state index contributed by atoms with van der Waals surface area (Å²) in [5.41, 5.74) is 5.66. The van der Waals surface area contributed by atoms with Crippen molar-refractivity contribution in [3.63, 3.8) is 0 Å². The number of hydrogen-bond donors (Lipinski definition) is 2. The van der Waals surface area contributed by atoms with Crippen LogP contribution >= 0.6 is 0 Å². The van der Waals surface area contributed by atoms with E-state index in [0.29, 0.717) is 13.1 Å². The van der Waals surface area contributed by atoms with Gasteiger partial charge in [0.05, 0.1) is 6.42 Å². The van der Waals surface area contributed by atoms with Gasteiger partial charge in [0, 0.05) is 26.3 Å². The van der Waals surface area contributed by atoms with Gasteiger partial charge in [0.15, 0.2) is 0 Å². The molecule has 0 spiro atoms. The van der Waals surface area contributed by atoms with Crippen LogP contribution in [0.25, 0.3) is 0 Å². The first-order valence-electron chi connectivity index (χ1n) is 9.17. The molecule has 2 aromatic rings. The maximum atomic E-state index is 12.8. The summed E-state index contributed by atoms with van der Waals surface area (Å²) in [6.45, 7) is 0.989. The summed E-state index contributed by atoms with van der Waals surface area (Å²) < 4.78 is 28.4. The van der Waals surface area contributed by atoms with Crippen LogP contribution in [0.4, 0.5) is 0 Å². The predicted molar refractivity (Wildman–Crippen MR) is 104 cm³/mol. The molecule has 1 aliphatic heterocycles. The summed E-state index contributed by atoms with van der Waals surface area (Å²) in [7, 11) is -2.03. The fourth-order valence-corrected chi connectivity index (χ4v) is 4.76. The molecule has 8 nitrogen and oxygen atoms in total. The number of benzene rings is 1. The minimum Gasteiger partial charge on any atom is -0.345 e. The minimum absolute atomic E-state index is 0.0812. The summed E-state index contributed by atoms with van der Waals surface area (Å²) in [6.07, 6.45) is 4.25. The molecule has 0 aliphatic carbocycles. The van der Waals surface area contributed by atoms with Crippen molar-refractivity contribution in [2.75, 3.05) is 13.1 Å². The van der Waals surface area contributed by atoms with Gasteiger partial charge in [-0.05, 0) is 24.5 Å². The van der Waals surface area contributed by atoms with Crippen LogP contribution in [-0.4, -0.2) is 42.2 Å². The Morgan fingerprint density at radius 1 is 1.04 bits per heavy atom. The maximum Gasteiger partial charge on any atom is 0.286 e. The first-order chi connectivity index (χ1) is 13.4. The number of aryl methyl sites for hydroxylation is 1. The second-order valence-corrected chi connectivity index (χ2v) is 8.74. The summed E-state index contributed by atoms with van der Waals surface area (Å²) in [6, 6.07) is 10.5. The predicted octanol–water partition coefficient (Wildman–Crippen LogP) is 1.20. The van der Waals surface area contributed by atoms with Gasteiger partial charge in [-0.2, -0.15) is 4.31 Å². The van der Waals surface area contributed by atoms with E-state index in [-0.39, 0.29) is 22.9 Å².